The Labute approximate surface area is 102 Å². The summed E-state index contributed by atoms with van der Waals surface area (Å²) in [6.07, 6.45) is 2.13. The number of hydrogen-bond donors (Lipinski definition) is 1. The van der Waals surface area contributed by atoms with E-state index in [9.17, 15) is 4.79 Å². The first-order valence-electron chi connectivity index (χ1n) is 6.03. The Balaban J connectivity index is 2.94. The fourth-order valence-corrected chi connectivity index (χ4v) is 1.75. The Hall–Kier alpha value is -1.51. The van der Waals surface area contributed by atoms with Crippen molar-refractivity contribution in [2.75, 3.05) is 0 Å². The molecule has 0 aliphatic heterocycles. The van der Waals surface area contributed by atoms with Crippen molar-refractivity contribution in [3.63, 3.8) is 0 Å². The minimum absolute atomic E-state index is 0.0681. The molecule has 94 valence electrons. The maximum Gasteiger partial charge on any atom is 0.307 e. The summed E-state index contributed by atoms with van der Waals surface area (Å²) in [4.78, 5) is 10.7. The van der Waals surface area contributed by atoms with Crippen LogP contribution < -0.4 is 4.74 Å². The second kappa shape index (κ2) is 6.28. The van der Waals surface area contributed by atoms with E-state index in [4.69, 9.17) is 9.84 Å². The maximum absolute atomic E-state index is 10.7. The summed E-state index contributed by atoms with van der Waals surface area (Å²) < 4.78 is 5.71. The largest absolute Gasteiger partial charge is 0.491 e. The summed E-state index contributed by atoms with van der Waals surface area (Å²) in [6.45, 7) is 6.07. The molecular formula is C14H20O3. The number of ether oxygens (including phenoxy) is 1. The highest BCUT2D eigenvalue weighted by Crippen LogP contribution is 2.23. The van der Waals surface area contributed by atoms with Crippen LogP contribution in [0.15, 0.2) is 18.2 Å². The maximum atomic E-state index is 10.7. The molecule has 0 amide bonds. The molecule has 0 aliphatic rings. The third-order valence-corrected chi connectivity index (χ3v) is 2.36. The molecule has 17 heavy (non-hydrogen) atoms. The lowest BCUT2D eigenvalue weighted by molar-refractivity contribution is -0.136. The number of carboxylic acids is 1. The molecule has 0 radical (unpaired) electrons. The van der Waals surface area contributed by atoms with Crippen LogP contribution in [-0.2, 0) is 17.6 Å². The Kier molecular flexibility index (Phi) is 5.01. The number of carboxylic acid groups (broad SMARTS) is 1. The summed E-state index contributed by atoms with van der Waals surface area (Å²) in [6, 6.07) is 5.64. The summed E-state index contributed by atoms with van der Waals surface area (Å²) in [5.41, 5.74) is 1.93. The number of aliphatic carboxylic acids is 1. The highest BCUT2D eigenvalue weighted by atomic mass is 16.5. The van der Waals surface area contributed by atoms with Gasteiger partial charge in [0.1, 0.15) is 5.75 Å². The summed E-state index contributed by atoms with van der Waals surface area (Å²) in [5, 5.41) is 8.77. The van der Waals surface area contributed by atoms with Gasteiger partial charge in [-0.1, -0.05) is 25.5 Å². The van der Waals surface area contributed by atoms with Gasteiger partial charge >= 0.3 is 5.97 Å². The molecule has 1 rings (SSSR count). The fourth-order valence-electron chi connectivity index (χ4n) is 1.75. The van der Waals surface area contributed by atoms with E-state index in [2.05, 4.69) is 6.92 Å². The van der Waals surface area contributed by atoms with E-state index in [0.717, 1.165) is 29.7 Å². The van der Waals surface area contributed by atoms with Crippen LogP contribution in [0.2, 0.25) is 0 Å². The number of aryl methyl sites for hydroxylation is 1. The Morgan fingerprint density at radius 3 is 2.65 bits per heavy atom. The van der Waals surface area contributed by atoms with Crippen molar-refractivity contribution in [1.29, 1.82) is 0 Å². The van der Waals surface area contributed by atoms with Gasteiger partial charge in [0.05, 0.1) is 12.5 Å². The Morgan fingerprint density at radius 2 is 2.12 bits per heavy atom. The van der Waals surface area contributed by atoms with Gasteiger partial charge < -0.3 is 9.84 Å². The predicted octanol–water partition coefficient (Wildman–Crippen LogP) is 3.05. The minimum Gasteiger partial charge on any atom is -0.491 e. The van der Waals surface area contributed by atoms with E-state index < -0.39 is 5.97 Å². The average Bonchev–Trinajstić information content (AvgIpc) is 2.21. The lowest BCUT2D eigenvalue weighted by Gasteiger charge is -2.15. The van der Waals surface area contributed by atoms with E-state index in [-0.39, 0.29) is 12.5 Å². The molecule has 0 heterocycles. The molecule has 1 aromatic rings. The average molecular weight is 236 g/mol. The molecule has 0 unspecified atom stereocenters. The van der Waals surface area contributed by atoms with Gasteiger partial charge in [-0.3, -0.25) is 4.79 Å². The molecule has 3 heteroatoms. The first kappa shape index (κ1) is 13.6. The third-order valence-electron chi connectivity index (χ3n) is 2.36. The van der Waals surface area contributed by atoms with Crippen LogP contribution in [0.3, 0.4) is 0 Å². The van der Waals surface area contributed by atoms with Crippen LogP contribution in [0, 0.1) is 0 Å². The Morgan fingerprint density at radius 1 is 1.41 bits per heavy atom. The van der Waals surface area contributed by atoms with Gasteiger partial charge in [0.25, 0.3) is 0 Å². The SMILES string of the molecule is CCCc1cc(CC(=O)O)ccc1OC(C)C. The lowest BCUT2D eigenvalue weighted by atomic mass is 10.0. The zero-order valence-corrected chi connectivity index (χ0v) is 10.7. The van der Waals surface area contributed by atoms with Crippen molar-refractivity contribution in [1.82, 2.24) is 0 Å². The standard InChI is InChI=1S/C14H20O3/c1-4-5-12-8-11(9-14(15)16)6-7-13(12)17-10(2)3/h6-8,10H,4-5,9H2,1-3H3,(H,15,16). The third kappa shape index (κ3) is 4.47. The van der Waals surface area contributed by atoms with E-state index in [1.54, 1.807) is 0 Å². The van der Waals surface area contributed by atoms with Crippen LogP contribution in [0.5, 0.6) is 5.75 Å². The number of carbonyl (C=O) groups is 1. The second-order valence-electron chi connectivity index (χ2n) is 4.43. The van der Waals surface area contributed by atoms with E-state index in [1.807, 2.05) is 32.0 Å². The molecule has 1 N–H and O–H groups in total. The number of benzene rings is 1. The molecule has 0 atom stereocenters. The Bertz CT molecular complexity index is 383. The summed E-state index contributed by atoms with van der Waals surface area (Å²) in [5.74, 6) is 0.0703. The molecule has 1 aromatic carbocycles. The van der Waals surface area contributed by atoms with Crippen LogP contribution in [0.25, 0.3) is 0 Å². The van der Waals surface area contributed by atoms with Gasteiger partial charge in [-0.05, 0) is 37.5 Å². The molecule has 0 bridgehead atoms. The van der Waals surface area contributed by atoms with Crippen molar-refractivity contribution in [3.05, 3.63) is 29.3 Å². The van der Waals surface area contributed by atoms with Gasteiger partial charge in [-0.2, -0.15) is 0 Å². The summed E-state index contributed by atoms with van der Waals surface area (Å²) in [7, 11) is 0. The lowest BCUT2D eigenvalue weighted by Crippen LogP contribution is -2.08. The molecule has 0 saturated heterocycles. The van der Waals surface area contributed by atoms with Gasteiger partial charge in [0, 0.05) is 0 Å². The van der Waals surface area contributed by atoms with Crippen molar-refractivity contribution in [2.45, 2.75) is 46.1 Å². The molecule has 0 aromatic heterocycles. The van der Waals surface area contributed by atoms with Crippen LogP contribution in [0.1, 0.15) is 38.3 Å². The topological polar surface area (TPSA) is 46.5 Å². The summed E-state index contributed by atoms with van der Waals surface area (Å²) >= 11 is 0. The molecule has 0 aliphatic carbocycles. The van der Waals surface area contributed by atoms with Crippen molar-refractivity contribution < 1.29 is 14.6 Å². The van der Waals surface area contributed by atoms with Crippen LogP contribution in [-0.4, -0.2) is 17.2 Å². The molecule has 0 fully saturated rings. The van der Waals surface area contributed by atoms with Crippen LogP contribution in [0.4, 0.5) is 0 Å². The van der Waals surface area contributed by atoms with E-state index in [0.29, 0.717) is 0 Å². The second-order valence-corrected chi connectivity index (χ2v) is 4.43. The van der Waals surface area contributed by atoms with Crippen molar-refractivity contribution in [3.8, 4) is 5.75 Å². The highest BCUT2D eigenvalue weighted by Gasteiger charge is 2.08. The molecule has 0 spiro atoms. The fraction of sp³-hybridized carbons (Fsp3) is 0.500. The van der Waals surface area contributed by atoms with Gasteiger partial charge in [0.2, 0.25) is 0 Å². The number of hydrogen-bond acceptors (Lipinski definition) is 2. The molecule has 3 nitrogen and oxygen atoms in total. The smallest absolute Gasteiger partial charge is 0.307 e. The van der Waals surface area contributed by atoms with E-state index in [1.165, 1.54) is 0 Å². The van der Waals surface area contributed by atoms with Gasteiger partial charge in [-0.15, -0.1) is 0 Å². The molecular weight excluding hydrogens is 216 g/mol. The number of rotatable bonds is 6. The monoisotopic (exact) mass is 236 g/mol. The van der Waals surface area contributed by atoms with Crippen LogP contribution >= 0.6 is 0 Å². The molecule has 0 saturated carbocycles. The predicted molar refractivity (Wildman–Crippen MR) is 67.5 cm³/mol. The first-order chi connectivity index (χ1) is 8.02. The normalized spacial score (nSPS) is 10.6. The van der Waals surface area contributed by atoms with Gasteiger partial charge in [0.15, 0.2) is 0 Å². The van der Waals surface area contributed by atoms with Crippen molar-refractivity contribution in [2.24, 2.45) is 0 Å². The van der Waals surface area contributed by atoms with Gasteiger partial charge in [-0.25, -0.2) is 0 Å². The minimum atomic E-state index is -0.801. The quantitative estimate of drug-likeness (QED) is 0.825. The van der Waals surface area contributed by atoms with E-state index >= 15 is 0 Å². The van der Waals surface area contributed by atoms with Crippen molar-refractivity contribution >= 4 is 5.97 Å². The highest BCUT2D eigenvalue weighted by molar-refractivity contribution is 5.70. The zero-order chi connectivity index (χ0) is 12.8. The zero-order valence-electron chi connectivity index (χ0n) is 10.7. The first-order valence-corrected chi connectivity index (χ1v) is 6.03.